The molecule has 1 aromatic carbocycles. The van der Waals surface area contributed by atoms with Gasteiger partial charge in [-0.05, 0) is 43.0 Å². The standard InChI is InChI=1S/C16H19N3O4/c17-12(15(21)19-5-1-2-14(19)16(22)23)6-9-8-18-13-4-3-10(20)7-11(9)13/h3-4,7-8,12,14,18,20H,1-2,5-6,17H2,(H,22,23)/t12-,14+/m0/s1. The molecule has 0 aliphatic carbocycles. The van der Waals surface area contributed by atoms with Gasteiger partial charge in [0.05, 0.1) is 6.04 Å². The first-order valence-electron chi connectivity index (χ1n) is 7.55. The number of benzene rings is 1. The fourth-order valence-corrected chi connectivity index (χ4v) is 3.16. The third-order valence-corrected chi connectivity index (χ3v) is 4.33. The number of carboxylic acid groups (broad SMARTS) is 1. The summed E-state index contributed by atoms with van der Waals surface area (Å²) in [5, 5.41) is 19.6. The molecule has 0 saturated carbocycles. The second-order valence-electron chi connectivity index (χ2n) is 5.88. The molecule has 1 aliphatic rings. The van der Waals surface area contributed by atoms with Crippen LogP contribution in [0.5, 0.6) is 5.75 Å². The number of nitrogens with one attached hydrogen (secondary N) is 1. The Morgan fingerprint density at radius 2 is 2.22 bits per heavy atom. The van der Waals surface area contributed by atoms with Gasteiger partial charge in [-0.2, -0.15) is 0 Å². The van der Waals surface area contributed by atoms with Gasteiger partial charge in [0.25, 0.3) is 0 Å². The number of aromatic nitrogens is 1. The lowest BCUT2D eigenvalue weighted by Gasteiger charge is -2.24. The first-order chi connectivity index (χ1) is 11.0. The number of phenols is 1. The van der Waals surface area contributed by atoms with Crippen LogP contribution in [-0.2, 0) is 16.0 Å². The van der Waals surface area contributed by atoms with Crippen LogP contribution in [0.4, 0.5) is 0 Å². The number of hydrogen-bond donors (Lipinski definition) is 4. The summed E-state index contributed by atoms with van der Waals surface area (Å²) in [6.07, 6.45) is 3.19. The summed E-state index contributed by atoms with van der Waals surface area (Å²) in [6.45, 7) is 0.429. The molecule has 23 heavy (non-hydrogen) atoms. The fraction of sp³-hybridized carbons (Fsp3) is 0.375. The molecule has 122 valence electrons. The van der Waals surface area contributed by atoms with Crippen LogP contribution >= 0.6 is 0 Å². The number of hydrogen-bond acceptors (Lipinski definition) is 4. The van der Waals surface area contributed by atoms with Crippen molar-refractivity contribution in [3.63, 3.8) is 0 Å². The monoisotopic (exact) mass is 317 g/mol. The van der Waals surface area contributed by atoms with E-state index in [-0.39, 0.29) is 18.1 Å². The predicted molar refractivity (Wildman–Crippen MR) is 84.0 cm³/mol. The van der Waals surface area contributed by atoms with Gasteiger partial charge in [0.2, 0.25) is 5.91 Å². The summed E-state index contributed by atoms with van der Waals surface area (Å²) in [5.74, 6) is -1.19. The van der Waals surface area contributed by atoms with E-state index in [1.165, 1.54) is 4.90 Å². The number of carbonyl (C=O) groups excluding carboxylic acids is 1. The first-order valence-corrected chi connectivity index (χ1v) is 7.55. The third kappa shape index (κ3) is 2.87. The maximum atomic E-state index is 12.5. The van der Waals surface area contributed by atoms with Crippen molar-refractivity contribution in [2.75, 3.05) is 6.54 Å². The van der Waals surface area contributed by atoms with Crippen LogP contribution in [0.15, 0.2) is 24.4 Å². The van der Waals surface area contributed by atoms with E-state index in [1.807, 2.05) is 0 Å². The van der Waals surface area contributed by atoms with Gasteiger partial charge in [0.1, 0.15) is 11.8 Å². The van der Waals surface area contributed by atoms with Crippen LogP contribution in [0.1, 0.15) is 18.4 Å². The maximum absolute atomic E-state index is 12.5. The lowest BCUT2D eigenvalue weighted by molar-refractivity contribution is -0.148. The van der Waals surface area contributed by atoms with Crippen LogP contribution in [0.3, 0.4) is 0 Å². The van der Waals surface area contributed by atoms with Gasteiger partial charge in [0.15, 0.2) is 0 Å². The summed E-state index contributed by atoms with van der Waals surface area (Å²) in [5.41, 5.74) is 7.69. The van der Waals surface area contributed by atoms with Gasteiger partial charge >= 0.3 is 5.97 Å². The number of fused-ring (bicyclic) bond motifs is 1. The van der Waals surface area contributed by atoms with Crippen LogP contribution in [-0.4, -0.2) is 50.6 Å². The molecule has 1 saturated heterocycles. The largest absolute Gasteiger partial charge is 0.508 e. The third-order valence-electron chi connectivity index (χ3n) is 4.33. The Morgan fingerprint density at radius 1 is 1.43 bits per heavy atom. The van der Waals surface area contributed by atoms with Crippen molar-refractivity contribution in [3.8, 4) is 5.75 Å². The summed E-state index contributed by atoms with van der Waals surface area (Å²) >= 11 is 0. The molecule has 1 aromatic heterocycles. The van der Waals surface area contributed by atoms with Crippen LogP contribution in [0, 0.1) is 0 Å². The number of rotatable bonds is 4. The average molecular weight is 317 g/mol. The van der Waals surface area contributed by atoms with E-state index < -0.39 is 18.1 Å². The number of aliphatic carboxylic acids is 1. The molecule has 5 N–H and O–H groups in total. The van der Waals surface area contributed by atoms with Gasteiger partial charge in [-0.15, -0.1) is 0 Å². The van der Waals surface area contributed by atoms with Crippen molar-refractivity contribution in [2.24, 2.45) is 5.73 Å². The van der Waals surface area contributed by atoms with Crippen LogP contribution < -0.4 is 5.73 Å². The SMILES string of the molecule is N[C@@H](Cc1c[nH]c2ccc(O)cc12)C(=O)N1CCC[C@@H]1C(=O)O. The molecule has 1 fully saturated rings. The fourth-order valence-electron chi connectivity index (χ4n) is 3.16. The van der Waals surface area contributed by atoms with E-state index in [1.54, 1.807) is 24.4 Å². The molecule has 0 bridgehead atoms. The highest BCUT2D eigenvalue weighted by atomic mass is 16.4. The zero-order valence-corrected chi connectivity index (χ0v) is 12.5. The molecule has 7 heteroatoms. The summed E-state index contributed by atoms with van der Waals surface area (Å²) in [4.78, 5) is 28.1. The van der Waals surface area contributed by atoms with E-state index in [2.05, 4.69) is 4.98 Å². The number of carboxylic acids is 1. The molecule has 2 heterocycles. The van der Waals surface area contributed by atoms with E-state index in [0.717, 1.165) is 16.5 Å². The van der Waals surface area contributed by atoms with Crippen molar-refractivity contribution in [1.82, 2.24) is 9.88 Å². The van der Waals surface area contributed by atoms with E-state index in [9.17, 15) is 19.8 Å². The Balaban J connectivity index is 1.77. The smallest absolute Gasteiger partial charge is 0.326 e. The van der Waals surface area contributed by atoms with Gasteiger partial charge < -0.3 is 25.8 Å². The van der Waals surface area contributed by atoms with Crippen molar-refractivity contribution in [1.29, 1.82) is 0 Å². The Hall–Kier alpha value is -2.54. The Bertz CT molecular complexity index is 755. The Morgan fingerprint density at radius 3 is 2.96 bits per heavy atom. The van der Waals surface area contributed by atoms with Crippen molar-refractivity contribution >= 4 is 22.8 Å². The predicted octanol–water partition coefficient (Wildman–Crippen LogP) is 0.819. The Labute approximate surface area is 132 Å². The molecule has 2 atom stereocenters. The van der Waals surface area contributed by atoms with E-state index >= 15 is 0 Å². The molecule has 0 spiro atoms. The number of amides is 1. The number of likely N-dealkylation sites (tertiary alicyclic amines) is 1. The number of nitrogens with two attached hydrogens (primary N) is 1. The molecular formula is C16H19N3O4. The van der Waals surface area contributed by atoms with E-state index in [4.69, 9.17) is 5.73 Å². The van der Waals surface area contributed by atoms with E-state index in [0.29, 0.717) is 19.4 Å². The highest BCUT2D eigenvalue weighted by Gasteiger charge is 2.36. The van der Waals surface area contributed by atoms with Crippen LogP contribution in [0.25, 0.3) is 10.9 Å². The zero-order chi connectivity index (χ0) is 16.6. The lowest BCUT2D eigenvalue weighted by Crippen LogP contribution is -2.49. The number of aromatic hydroxyl groups is 1. The number of H-pyrrole nitrogens is 1. The van der Waals surface area contributed by atoms with Crippen LogP contribution in [0.2, 0.25) is 0 Å². The average Bonchev–Trinajstić information content (AvgIpc) is 3.14. The zero-order valence-electron chi connectivity index (χ0n) is 12.5. The minimum Gasteiger partial charge on any atom is -0.508 e. The highest BCUT2D eigenvalue weighted by molar-refractivity contribution is 5.89. The molecule has 0 radical (unpaired) electrons. The second-order valence-corrected chi connectivity index (χ2v) is 5.88. The Kier molecular flexibility index (Phi) is 3.96. The number of nitrogens with zero attached hydrogens (tertiary/aromatic N) is 1. The molecule has 2 aromatic rings. The summed E-state index contributed by atoms with van der Waals surface area (Å²) in [7, 11) is 0. The topological polar surface area (TPSA) is 120 Å². The number of phenolic OH excluding ortho intramolecular Hbond substituents is 1. The first kappa shape index (κ1) is 15.4. The summed E-state index contributed by atoms with van der Waals surface area (Å²) < 4.78 is 0. The number of carbonyl (C=O) groups is 2. The normalized spacial score (nSPS) is 19.2. The quantitative estimate of drug-likeness (QED) is 0.665. The van der Waals surface area contributed by atoms with Crippen molar-refractivity contribution in [2.45, 2.75) is 31.3 Å². The minimum absolute atomic E-state index is 0.142. The molecule has 3 rings (SSSR count). The molecule has 1 amide bonds. The molecule has 0 unspecified atom stereocenters. The van der Waals surface area contributed by atoms with Gasteiger partial charge in [-0.1, -0.05) is 0 Å². The lowest BCUT2D eigenvalue weighted by atomic mass is 10.0. The minimum atomic E-state index is -0.986. The van der Waals surface area contributed by atoms with Crippen molar-refractivity contribution in [3.05, 3.63) is 30.0 Å². The summed E-state index contributed by atoms with van der Waals surface area (Å²) in [6, 6.07) is 3.36. The number of aromatic amines is 1. The second kappa shape index (κ2) is 5.92. The van der Waals surface area contributed by atoms with Crippen molar-refractivity contribution < 1.29 is 19.8 Å². The van der Waals surface area contributed by atoms with Gasteiger partial charge in [-0.3, -0.25) is 4.79 Å². The molecule has 7 nitrogen and oxygen atoms in total. The van der Waals surface area contributed by atoms with Gasteiger partial charge in [-0.25, -0.2) is 4.79 Å². The molecule has 1 aliphatic heterocycles. The highest BCUT2D eigenvalue weighted by Crippen LogP contribution is 2.25. The molecular weight excluding hydrogens is 298 g/mol. The maximum Gasteiger partial charge on any atom is 0.326 e. The van der Waals surface area contributed by atoms with Gasteiger partial charge in [0, 0.05) is 23.6 Å².